The topological polar surface area (TPSA) is 154 Å². The van der Waals surface area contributed by atoms with E-state index in [9.17, 15) is 29.1 Å². The first kappa shape index (κ1) is 30.1. The number of aliphatic hydroxyl groups excluding tert-OH is 1. The summed E-state index contributed by atoms with van der Waals surface area (Å²) >= 11 is 0. The highest BCUT2D eigenvalue weighted by Crippen LogP contribution is 2.38. The lowest BCUT2D eigenvalue weighted by atomic mass is 9.87. The number of carbonyl (C=O) groups is 5. The van der Waals surface area contributed by atoms with Gasteiger partial charge in [-0.25, -0.2) is 0 Å². The molecule has 1 aromatic carbocycles. The van der Waals surface area contributed by atoms with Crippen LogP contribution in [-0.4, -0.2) is 77.6 Å². The van der Waals surface area contributed by atoms with Crippen LogP contribution in [0.1, 0.15) is 79.8 Å². The second-order valence-electron chi connectivity index (χ2n) is 10.8. The molecule has 2 heterocycles. The summed E-state index contributed by atoms with van der Waals surface area (Å²) in [6, 6.07) is 4.10. The largest absolute Gasteiger partial charge is 0.374 e. The lowest BCUT2D eigenvalue weighted by molar-refractivity contribution is -0.139. The van der Waals surface area contributed by atoms with E-state index in [4.69, 9.17) is 4.74 Å². The number of aliphatic hydroxyl groups is 1. The normalized spacial score (nSPS) is 23.3. The SMILES string of the molecule is CC1(OCC(=O)NCCCCCCCCNC=O)C=Cc2cccc3c2C(=C1)C(=O)N(C1CCC(O)NC1=O)C3=O. The number of piperidine rings is 1. The molecule has 1 fully saturated rings. The fourth-order valence-electron chi connectivity index (χ4n) is 5.39. The van der Waals surface area contributed by atoms with Gasteiger partial charge in [0.2, 0.25) is 18.2 Å². The number of benzene rings is 1. The maximum Gasteiger partial charge on any atom is 0.262 e. The van der Waals surface area contributed by atoms with Crippen molar-refractivity contribution in [3.8, 4) is 0 Å². The molecule has 220 valence electrons. The van der Waals surface area contributed by atoms with Crippen LogP contribution in [0.4, 0.5) is 0 Å². The number of hydrogen-bond donors (Lipinski definition) is 4. The molecule has 3 aliphatic rings. The highest BCUT2D eigenvalue weighted by atomic mass is 16.5. The third kappa shape index (κ3) is 7.28. The molecule has 4 rings (SSSR count). The van der Waals surface area contributed by atoms with Gasteiger partial charge in [-0.2, -0.15) is 0 Å². The van der Waals surface area contributed by atoms with Crippen molar-refractivity contribution >= 4 is 41.7 Å². The van der Waals surface area contributed by atoms with Gasteiger partial charge in [-0.05, 0) is 56.4 Å². The first-order chi connectivity index (χ1) is 19.7. The molecule has 11 nitrogen and oxygen atoms in total. The first-order valence-electron chi connectivity index (χ1n) is 14.2. The Morgan fingerprint density at radius 3 is 2.56 bits per heavy atom. The van der Waals surface area contributed by atoms with Gasteiger partial charge >= 0.3 is 0 Å². The monoisotopic (exact) mass is 566 g/mol. The zero-order valence-corrected chi connectivity index (χ0v) is 23.3. The van der Waals surface area contributed by atoms with E-state index in [-0.39, 0.29) is 30.9 Å². The summed E-state index contributed by atoms with van der Waals surface area (Å²) in [5.41, 5.74) is 0.535. The molecule has 0 aromatic heterocycles. The van der Waals surface area contributed by atoms with E-state index in [1.54, 1.807) is 43.4 Å². The van der Waals surface area contributed by atoms with Crippen molar-refractivity contribution in [3.63, 3.8) is 0 Å². The number of carbonyl (C=O) groups excluding carboxylic acids is 5. The van der Waals surface area contributed by atoms with Gasteiger partial charge in [-0.15, -0.1) is 0 Å². The van der Waals surface area contributed by atoms with E-state index < -0.39 is 35.6 Å². The number of imide groups is 1. The number of nitrogens with one attached hydrogen (secondary N) is 3. The van der Waals surface area contributed by atoms with Crippen molar-refractivity contribution in [2.75, 3.05) is 19.7 Å². The Morgan fingerprint density at radius 2 is 1.83 bits per heavy atom. The van der Waals surface area contributed by atoms with Gasteiger partial charge in [0.1, 0.15) is 24.5 Å². The second kappa shape index (κ2) is 13.7. The van der Waals surface area contributed by atoms with Crippen LogP contribution in [0.5, 0.6) is 0 Å². The molecule has 11 heteroatoms. The minimum Gasteiger partial charge on any atom is -0.374 e. The number of nitrogens with zero attached hydrogens (tertiary/aromatic N) is 1. The molecule has 0 radical (unpaired) electrons. The second-order valence-corrected chi connectivity index (χ2v) is 10.8. The van der Waals surface area contributed by atoms with Gasteiger partial charge in [0.15, 0.2) is 0 Å². The van der Waals surface area contributed by atoms with E-state index in [1.807, 2.05) is 0 Å². The fourth-order valence-corrected chi connectivity index (χ4v) is 5.39. The van der Waals surface area contributed by atoms with Gasteiger partial charge < -0.3 is 25.8 Å². The van der Waals surface area contributed by atoms with Crippen LogP contribution >= 0.6 is 0 Å². The summed E-state index contributed by atoms with van der Waals surface area (Å²) in [6.45, 7) is 2.74. The first-order valence-corrected chi connectivity index (χ1v) is 14.2. The molecule has 3 unspecified atom stereocenters. The number of hydrogen-bond acceptors (Lipinski definition) is 7. The third-order valence-electron chi connectivity index (χ3n) is 7.59. The van der Waals surface area contributed by atoms with E-state index in [0.29, 0.717) is 36.2 Å². The minimum absolute atomic E-state index is 0.151. The molecule has 1 saturated heterocycles. The van der Waals surface area contributed by atoms with E-state index in [1.165, 1.54) is 0 Å². The fraction of sp³-hybridized carbons (Fsp3) is 0.500. The smallest absolute Gasteiger partial charge is 0.262 e. The van der Waals surface area contributed by atoms with Crippen LogP contribution in [0.2, 0.25) is 0 Å². The molecule has 0 bridgehead atoms. The Balaban J connectivity index is 1.37. The van der Waals surface area contributed by atoms with Gasteiger partial charge in [0.25, 0.3) is 11.8 Å². The molecule has 3 atom stereocenters. The molecule has 4 N–H and O–H groups in total. The molecular formula is C30H38N4O7. The lowest BCUT2D eigenvalue weighted by Crippen LogP contribution is -2.58. The standard InChI is InChI=1S/C30H38N4O7/c1-30(41-18-25(37)32-16-7-5-3-2-4-6-15-31-19-35)14-13-20-9-8-10-21-26(20)22(17-30)29(40)34(28(21)39)23-11-12-24(36)33-27(23)38/h8-10,13-14,17,19,23-24,36H,2-7,11-12,15-16,18H2,1H3,(H,31,35)(H,32,37)(H,33,38). The van der Waals surface area contributed by atoms with Crippen molar-refractivity contribution < 1.29 is 33.8 Å². The zero-order chi connectivity index (χ0) is 29.4. The minimum atomic E-state index is -1.13. The summed E-state index contributed by atoms with van der Waals surface area (Å²) in [5, 5.41) is 17.7. The Labute approximate surface area is 239 Å². The van der Waals surface area contributed by atoms with Gasteiger partial charge in [0, 0.05) is 29.8 Å². The van der Waals surface area contributed by atoms with Crippen LogP contribution in [0.3, 0.4) is 0 Å². The van der Waals surface area contributed by atoms with Crippen molar-refractivity contribution in [2.24, 2.45) is 0 Å². The Kier molecular flexibility index (Phi) is 10.1. The number of rotatable bonds is 14. The molecule has 0 spiro atoms. The number of amides is 5. The van der Waals surface area contributed by atoms with Crippen molar-refractivity contribution in [3.05, 3.63) is 47.0 Å². The highest BCUT2D eigenvalue weighted by molar-refractivity contribution is 6.32. The van der Waals surface area contributed by atoms with Gasteiger partial charge in [0.05, 0.1) is 0 Å². The zero-order valence-electron chi connectivity index (χ0n) is 23.3. The van der Waals surface area contributed by atoms with Crippen molar-refractivity contribution in [1.29, 1.82) is 0 Å². The average molecular weight is 567 g/mol. The average Bonchev–Trinajstić information content (AvgIpc) is 3.10. The molecule has 41 heavy (non-hydrogen) atoms. The summed E-state index contributed by atoms with van der Waals surface area (Å²) < 4.78 is 6.00. The molecule has 1 aromatic rings. The Bertz CT molecular complexity index is 1240. The predicted octanol–water partition coefficient (Wildman–Crippen LogP) is 1.65. The summed E-state index contributed by atoms with van der Waals surface area (Å²) in [4.78, 5) is 63.5. The van der Waals surface area contributed by atoms with E-state index in [0.717, 1.165) is 43.4 Å². The molecule has 2 aliphatic heterocycles. The quantitative estimate of drug-likeness (QED) is 0.152. The van der Waals surface area contributed by atoms with Crippen molar-refractivity contribution in [2.45, 2.75) is 76.2 Å². The van der Waals surface area contributed by atoms with E-state index in [2.05, 4.69) is 16.0 Å². The third-order valence-corrected chi connectivity index (χ3v) is 7.59. The van der Waals surface area contributed by atoms with Crippen LogP contribution in [0.25, 0.3) is 11.6 Å². The summed E-state index contributed by atoms with van der Waals surface area (Å²) in [7, 11) is 0. The number of ether oxygens (including phenoxy) is 1. The van der Waals surface area contributed by atoms with Crippen molar-refractivity contribution in [1.82, 2.24) is 20.9 Å². The number of unbranched alkanes of at least 4 members (excludes halogenated alkanes) is 5. The summed E-state index contributed by atoms with van der Waals surface area (Å²) in [5.74, 6) is -2.04. The van der Waals surface area contributed by atoms with Gasteiger partial charge in [-0.3, -0.25) is 28.9 Å². The van der Waals surface area contributed by atoms with Crippen LogP contribution in [-0.2, 0) is 23.9 Å². The highest BCUT2D eigenvalue weighted by Gasteiger charge is 2.45. The van der Waals surface area contributed by atoms with Crippen LogP contribution < -0.4 is 16.0 Å². The Morgan fingerprint density at radius 1 is 1.10 bits per heavy atom. The maximum absolute atomic E-state index is 13.8. The summed E-state index contributed by atoms with van der Waals surface area (Å²) in [6.07, 6.45) is 11.2. The molecule has 1 aliphatic carbocycles. The lowest BCUT2D eigenvalue weighted by Gasteiger charge is -2.37. The van der Waals surface area contributed by atoms with Gasteiger partial charge in [-0.1, -0.05) is 43.9 Å². The molecule has 0 saturated carbocycles. The van der Waals surface area contributed by atoms with Crippen LogP contribution in [0.15, 0.2) is 30.4 Å². The maximum atomic E-state index is 13.8. The van der Waals surface area contributed by atoms with E-state index >= 15 is 0 Å². The predicted molar refractivity (Wildman–Crippen MR) is 151 cm³/mol. The molecule has 5 amide bonds. The van der Waals surface area contributed by atoms with Crippen LogP contribution in [0, 0.1) is 0 Å². The molecular weight excluding hydrogens is 528 g/mol. The Hall–Kier alpha value is -3.83.